The second-order valence-corrected chi connectivity index (χ2v) is 5.07. The molecule has 1 saturated heterocycles. The number of rotatable bonds is 4. The van der Waals surface area contributed by atoms with E-state index in [1.807, 2.05) is 0 Å². The SMILES string of the molecule is CCCC1(C(=O)Nc2ccnc(Cl)c2)CCCN1. The molecule has 1 aliphatic heterocycles. The molecule has 5 heteroatoms. The van der Waals surface area contributed by atoms with Crippen molar-refractivity contribution in [3.8, 4) is 0 Å². The van der Waals surface area contributed by atoms with Crippen LogP contribution in [-0.2, 0) is 4.79 Å². The first-order valence-corrected chi connectivity index (χ1v) is 6.72. The van der Waals surface area contributed by atoms with Crippen molar-refractivity contribution in [2.45, 2.75) is 38.1 Å². The summed E-state index contributed by atoms with van der Waals surface area (Å²) in [4.78, 5) is 16.3. The highest BCUT2D eigenvalue weighted by atomic mass is 35.5. The van der Waals surface area contributed by atoms with E-state index in [1.165, 1.54) is 0 Å². The summed E-state index contributed by atoms with van der Waals surface area (Å²) < 4.78 is 0. The van der Waals surface area contributed by atoms with Crippen LogP contribution in [0.4, 0.5) is 5.69 Å². The fourth-order valence-corrected chi connectivity index (χ4v) is 2.66. The lowest BCUT2D eigenvalue weighted by molar-refractivity contribution is -0.122. The van der Waals surface area contributed by atoms with E-state index in [-0.39, 0.29) is 5.91 Å². The number of pyridine rings is 1. The monoisotopic (exact) mass is 267 g/mol. The Bertz CT molecular complexity index is 430. The van der Waals surface area contributed by atoms with Crippen LogP contribution in [0.15, 0.2) is 18.3 Å². The Morgan fingerprint density at radius 2 is 2.50 bits per heavy atom. The van der Waals surface area contributed by atoms with Crippen molar-refractivity contribution >= 4 is 23.2 Å². The molecule has 0 saturated carbocycles. The van der Waals surface area contributed by atoms with Gasteiger partial charge in [-0.1, -0.05) is 24.9 Å². The molecule has 0 aromatic carbocycles. The van der Waals surface area contributed by atoms with Crippen molar-refractivity contribution in [2.24, 2.45) is 0 Å². The van der Waals surface area contributed by atoms with Gasteiger partial charge in [-0.15, -0.1) is 0 Å². The van der Waals surface area contributed by atoms with Crippen LogP contribution in [0.1, 0.15) is 32.6 Å². The quantitative estimate of drug-likeness (QED) is 0.825. The zero-order chi connectivity index (χ0) is 13.0. The Morgan fingerprint density at radius 3 is 3.11 bits per heavy atom. The van der Waals surface area contributed by atoms with E-state index in [4.69, 9.17) is 11.6 Å². The summed E-state index contributed by atoms with van der Waals surface area (Å²) >= 11 is 5.81. The van der Waals surface area contributed by atoms with Gasteiger partial charge in [-0.05, 0) is 37.9 Å². The Kier molecular flexibility index (Phi) is 4.19. The average Bonchev–Trinajstić information content (AvgIpc) is 2.79. The van der Waals surface area contributed by atoms with Gasteiger partial charge in [-0.25, -0.2) is 4.98 Å². The molecule has 1 fully saturated rings. The zero-order valence-corrected chi connectivity index (χ0v) is 11.3. The number of nitrogens with zero attached hydrogens (tertiary/aromatic N) is 1. The van der Waals surface area contributed by atoms with Crippen LogP contribution >= 0.6 is 11.6 Å². The van der Waals surface area contributed by atoms with Crippen molar-refractivity contribution in [2.75, 3.05) is 11.9 Å². The summed E-state index contributed by atoms with van der Waals surface area (Å²) in [5.41, 5.74) is 0.286. The van der Waals surface area contributed by atoms with E-state index in [0.717, 1.165) is 32.2 Å². The number of carbonyl (C=O) groups excluding carboxylic acids is 1. The molecular formula is C13H18ClN3O. The highest BCUT2D eigenvalue weighted by Crippen LogP contribution is 2.26. The Labute approximate surface area is 112 Å². The van der Waals surface area contributed by atoms with Gasteiger partial charge in [0.2, 0.25) is 5.91 Å². The first-order chi connectivity index (χ1) is 8.66. The van der Waals surface area contributed by atoms with Gasteiger partial charge in [0.15, 0.2) is 0 Å². The molecule has 0 bridgehead atoms. The van der Waals surface area contributed by atoms with E-state index in [2.05, 4.69) is 22.5 Å². The third kappa shape index (κ3) is 2.82. The minimum atomic E-state index is -0.412. The van der Waals surface area contributed by atoms with Gasteiger partial charge in [0.1, 0.15) is 5.15 Å². The van der Waals surface area contributed by atoms with Crippen molar-refractivity contribution < 1.29 is 4.79 Å². The Morgan fingerprint density at radius 1 is 1.67 bits per heavy atom. The topological polar surface area (TPSA) is 54.0 Å². The highest BCUT2D eigenvalue weighted by molar-refractivity contribution is 6.29. The Hall–Kier alpha value is -1.13. The minimum absolute atomic E-state index is 0.0316. The Balaban J connectivity index is 2.10. The smallest absolute Gasteiger partial charge is 0.244 e. The van der Waals surface area contributed by atoms with E-state index in [9.17, 15) is 4.79 Å². The number of halogens is 1. The average molecular weight is 268 g/mol. The molecule has 98 valence electrons. The number of hydrogen-bond acceptors (Lipinski definition) is 3. The fourth-order valence-electron chi connectivity index (χ4n) is 2.48. The number of carbonyl (C=O) groups is 1. The first kappa shape index (κ1) is 13.3. The third-order valence-electron chi connectivity index (χ3n) is 3.34. The maximum Gasteiger partial charge on any atom is 0.244 e. The maximum absolute atomic E-state index is 12.4. The van der Waals surface area contributed by atoms with E-state index in [0.29, 0.717) is 10.8 Å². The van der Waals surface area contributed by atoms with Crippen LogP contribution < -0.4 is 10.6 Å². The fraction of sp³-hybridized carbons (Fsp3) is 0.538. The molecule has 1 aromatic heterocycles. The van der Waals surface area contributed by atoms with Crippen LogP contribution in [0.25, 0.3) is 0 Å². The normalized spacial score (nSPS) is 23.0. The van der Waals surface area contributed by atoms with Crippen molar-refractivity contribution in [1.29, 1.82) is 0 Å². The molecule has 0 aliphatic carbocycles. The van der Waals surface area contributed by atoms with Crippen LogP contribution in [0, 0.1) is 0 Å². The van der Waals surface area contributed by atoms with Gasteiger partial charge in [0.25, 0.3) is 0 Å². The van der Waals surface area contributed by atoms with Crippen molar-refractivity contribution in [1.82, 2.24) is 10.3 Å². The van der Waals surface area contributed by atoms with Gasteiger partial charge in [-0.3, -0.25) is 4.79 Å². The van der Waals surface area contributed by atoms with Crippen molar-refractivity contribution in [3.05, 3.63) is 23.5 Å². The second-order valence-electron chi connectivity index (χ2n) is 4.68. The van der Waals surface area contributed by atoms with Gasteiger partial charge < -0.3 is 10.6 Å². The number of amides is 1. The van der Waals surface area contributed by atoms with Crippen LogP contribution in [-0.4, -0.2) is 23.0 Å². The van der Waals surface area contributed by atoms with E-state index >= 15 is 0 Å². The van der Waals surface area contributed by atoms with Crippen LogP contribution in [0.2, 0.25) is 5.15 Å². The first-order valence-electron chi connectivity index (χ1n) is 6.34. The van der Waals surface area contributed by atoms with Crippen LogP contribution in [0.5, 0.6) is 0 Å². The number of nitrogens with one attached hydrogen (secondary N) is 2. The van der Waals surface area contributed by atoms with Crippen LogP contribution in [0.3, 0.4) is 0 Å². The molecule has 1 aliphatic rings. The molecule has 2 rings (SSSR count). The van der Waals surface area contributed by atoms with E-state index in [1.54, 1.807) is 18.3 Å². The molecule has 1 unspecified atom stereocenters. The number of hydrogen-bond donors (Lipinski definition) is 2. The standard InChI is InChI=1S/C13H18ClN3O/c1-2-5-13(6-3-7-16-13)12(18)17-10-4-8-15-11(14)9-10/h4,8-9,16H,2-3,5-7H2,1H3,(H,15,17,18). The lowest BCUT2D eigenvalue weighted by atomic mass is 9.91. The largest absolute Gasteiger partial charge is 0.324 e. The molecule has 1 amide bonds. The molecule has 0 spiro atoms. The van der Waals surface area contributed by atoms with Crippen molar-refractivity contribution in [3.63, 3.8) is 0 Å². The summed E-state index contributed by atoms with van der Waals surface area (Å²) in [7, 11) is 0. The lowest BCUT2D eigenvalue weighted by Gasteiger charge is -2.27. The summed E-state index contributed by atoms with van der Waals surface area (Å²) in [6.45, 7) is 3.00. The zero-order valence-electron chi connectivity index (χ0n) is 10.5. The molecule has 1 atom stereocenters. The summed E-state index contributed by atoms with van der Waals surface area (Å²) in [6.07, 6.45) is 5.37. The lowest BCUT2D eigenvalue weighted by Crippen LogP contribution is -2.50. The van der Waals surface area contributed by atoms with Gasteiger partial charge in [0.05, 0.1) is 5.54 Å². The predicted molar refractivity (Wildman–Crippen MR) is 72.8 cm³/mol. The second kappa shape index (κ2) is 5.67. The summed E-state index contributed by atoms with van der Waals surface area (Å²) in [5.74, 6) is 0.0316. The van der Waals surface area contributed by atoms with Gasteiger partial charge >= 0.3 is 0 Å². The molecular weight excluding hydrogens is 250 g/mol. The van der Waals surface area contributed by atoms with E-state index < -0.39 is 5.54 Å². The molecule has 2 heterocycles. The molecule has 1 aromatic rings. The maximum atomic E-state index is 12.4. The third-order valence-corrected chi connectivity index (χ3v) is 3.55. The van der Waals surface area contributed by atoms with Gasteiger partial charge in [-0.2, -0.15) is 0 Å². The van der Waals surface area contributed by atoms with Gasteiger partial charge in [0, 0.05) is 11.9 Å². The number of anilines is 1. The minimum Gasteiger partial charge on any atom is -0.324 e. The summed E-state index contributed by atoms with van der Waals surface area (Å²) in [5, 5.41) is 6.66. The molecule has 18 heavy (non-hydrogen) atoms. The molecule has 4 nitrogen and oxygen atoms in total. The molecule has 2 N–H and O–H groups in total. The molecule has 0 radical (unpaired) electrons. The number of aromatic nitrogens is 1. The predicted octanol–water partition coefficient (Wildman–Crippen LogP) is 2.60. The summed E-state index contributed by atoms with van der Waals surface area (Å²) in [6, 6.07) is 3.41. The highest BCUT2D eigenvalue weighted by Gasteiger charge is 2.39.